The molecular formula is C23H27N3O3. The minimum Gasteiger partial charge on any atom is -0.372 e. The predicted molar refractivity (Wildman–Crippen MR) is 116 cm³/mol. The van der Waals surface area contributed by atoms with Crippen molar-refractivity contribution < 1.29 is 9.72 Å². The molecule has 0 unspecified atom stereocenters. The van der Waals surface area contributed by atoms with Crippen LogP contribution in [0.25, 0.3) is 6.08 Å². The minimum absolute atomic E-state index is 0.00387. The Bertz CT molecular complexity index is 884. The fourth-order valence-electron chi connectivity index (χ4n) is 3.50. The Hall–Kier alpha value is -3.15. The molecule has 1 N–H and O–H groups in total. The molecule has 2 aromatic carbocycles. The maximum absolute atomic E-state index is 12.2. The van der Waals surface area contributed by atoms with Gasteiger partial charge in [0.05, 0.1) is 11.0 Å². The topological polar surface area (TPSA) is 75.5 Å². The fourth-order valence-corrected chi connectivity index (χ4v) is 3.50. The summed E-state index contributed by atoms with van der Waals surface area (Å²) in [7, 11) is 0. The Kier molecular flexibility index (Phi) is 6.65. The molecule has 1 saturated heterocycles. The van der Waals surface area contributed by atoms with Crippen molar-refractivity contribution >= 4 is 23.4 Å². The van der Waals surface area contributed by atoms with Crippen LogP contribution in [-0.2, 0) is 4.79 Å². The molecule has 3 rings (SSSR count). The van der Waals surface area contributed by atoms with E-state index in [1.807, 2.05) is 6.92 Å². The molecular weight excluding hydrogens is 366 g/mol. The Morgan fingerprint density at radius 3 is 2.55 bits per heavy atom. The molecule has 1 aliphatic heterocycles. The number of nitro groups is 1. The Morgan fingerprint density at radius 2 is 1.90 bits per heavy atom. The molecule has 0 radical (unpaired) electrons. The average Bonchev–Trinajstić information content (AvgIpc) is 2.73. The number of carbonyl (C=O) groups is 1. The van der Waals surface area contributed by atoms with Crippen LogP contribution in [0.4, 0.5) is 11.4 Å². The van der Waals surface area contributed by atoms with Crippen molar-refractivity contribution in [1.82, 2.24) is 5.32 Å². The Balaban J connectivity index is 1.56. The summed E-state index contributed by atoms with van der Waals surface area (Å²) in [4.78, 5) is 25.0. The third-order valence-corrected chi connectivity index (χ3v) is 5.41. The summed E-state index contributed by atoms with van der Waals surface area (Å²) in [6.45, 7) is 6.43. The molecule has 29 heavy (non-hydrogen) atoms. The summed E-state index contributed by atoms with van der Waals surface area (Å²) in [5, 5.41) is 13.8. The highest BCUT2D eigenvalue weighted by atomic mass is 16.6. The van der Waals surface area contributed by atoms with Gasteiger partial charge in [0.2, 0.25) is 5.91 Å². The van der Waals surface area contributed by atoms with E-state index in [1.165, 1.54) is 36.7 Å². The van der Waals surface area contributed by atoms with Gasteiger partial charge in [-0.15, -0.1) is 0 Å². The van der Waals surface area contributed by atoms with Gasteiger partial charge in [-0.05, 0) is 55.0 Å². The number of nitrogens with zero attached hydrogens (tertiary/aromatic N) is 2. The normalized spacial score (nSPS) is 16.0. The van der Waals surface area contributed by atoms with Crippen molar-refractivity contribution in [3.8, 4) is 0 Å². The van der Waals surface area contributed by atoms with Gasteiger partial charge in [-0.3, -0.25) is 14.9 Å². The number of nitrogens with one attached hydrogen (secondary N) is 1. The first-order valence-corrected chi connectivity index (χ1v) is 10.0. The van der Waals surface area contributed by atoms with E-state index in [9.17, 15) is 14.9 Å². The number of non-ortho nitro benzene ring substituents is 1. The van der Waals surface area contributed by atoms with E-state index in [0.29, 0.717) is 5.56 Å². The molecule has 0 spiro atoms. The van der Waals surface area contributed by atoms with Crippen molar-refractivity contribution in [2.45, 2.75) is 32.7 Å². The van der Waals surface area contributed by atoms with E-state index in [4.69, 9.17) is 0 Å². The lowest BCUT2D eigenvalue weighted by Gasteiger charge is -2.32. The van der Waals surface area contributed by atoms with Crippen LogP contribution in [0.1, 0.15) is 43.9 Å². The maximum Gasteiger partial charge on any atom is 0.270 e. The van der Waals surface area contributed by atoms with Crippen LogP contribution in [0.2, 0.25) is 0 Å². The van der Waals surface area contributed by atoms with Gasteiger partial charge < -0.3 is 10.2 Å². The first-order valence-electron chi connectivity index (χ1n) is 10.0. The zero-order chi connectivity index (χ0) is 20.8. The first-order chi connectivity index (χ1) is 13.9. The third-order valence-electron chi connectivity index (χ3n) is 5.41. The van der Waals surface area contributed by atoms with Crippen LogP contribution in [0.5, 0.6) is 0 Å². The zero-order valence-electron chi connectivity index (χ0n) is 16.9. The number of nitro benzene ring substituents is 1. The van der Waals surface area contributed by atoms with Crippen molar-refractivity contribution in [3.05, 3.63) is 75.8 Å². The van der Waals surface area contributed by atoms with Gasteiger partial charge in [-0.1, -0.05) is 31.2 Å². The highest BCUT2D eigenvalue weighted by molar-refractivity contribution is 5.92. The number of carbonyl (C=O) groups excluding carboxylic acids is 1. The summed E-state index contributed by atoms with van der Waals surface area (Å²) in [6, 6.07) is 14.4. The molecule has 1 aliphatic rings. The molecule has 0 bridgehead atoms. The summed E-state index contributed by atoms with van der Waals surface area (Å²) in [5.41, 5.74) is 2.88. The molecule has 1 amide bonds. The molecule has 2 aromatic rings. The summed E-state index contributed by atoms with van der Waals surface area (Å²) < 4.78 is 0. The standard InChI is InChI=1S/C23H27N3O3/c1-17-12-14-25(15-13-17)21-9-7-20(8-10-21)18(2)24-23(27)11-6-19-4-3-5-22(16-19)26(28)29/h3-11,16-18H,12-15H2,1-2H3,(H,24,27)/b11-6+/t18-/m1/s1. The van der Waals surface area contributed by atoms with E-state index in [2.05, 4.69) is 41.4 Å². The third kappa shape index (κ3) is 5.67. The lowest BCUT2D eigenvalue weighted by atomic mass is 9.98. The highest BCUT2D eigenvalue weighted by Crippen LogP contribution is 2.24. The zero-order valence-corrected chi connectivity index (χ0v) is 16.9. The van der Waals surface area contributed by atoms with Crippen LogP contribution in [0.3, 0.4) is 0 Å². The minimum atomic E-state index is -0.451. The van der Waals surface area contributed by atoms with E-state index < -0.39 is 4.92 Å². The molecule has 0 aliphatic carbocycles. The van der Waals surface area contributed by atoms with Gasteiger partial charge in [0, 0.05) is 37.0 Å². The fraction of sp³-hybridized carbons (Fsp3) is 0.348. The van der Waals surface area contributed by atoms with Crippen LogP contribution in [0, 0.1) is 16.0 Å². The SMILES string of the molecule is CC1CCN(c2ccc([C@@H](C)NC(=O)/C=C/c3cccc([N+](=O)[O-])c3)cc2)CC1. The smallest absolute Gasteiger partial charge is 0.270 e. The molecule has 152 valence electrons. The molecule has 6 nitrogen and oxygen atoms in total. The molecule has 1 heterocycles. The number of rotatable bonds is 6. The van der Waals surface area contributed by atoms with Gasteiger partial charge in [-0.2, -0.15) is 0 Å². The highest BCUT2D eigenvalue weighted by Gasteiger charge is 2.16. The number of hydrogen-bond donors (Lipinski definition) is 1. The van der Waals surface area contributed by atoms with Crippen molar-refractivity contribution in [1.29, 1.82) is 0 Å². The number of amides is 1. The van der Waals surface area contributed by atoms with Gasteiger partial charge in [-0.25, -0.2) is 0 Å². The van der Waals surface area contributed by atoms with Gasteiger partial charge in [0.1, 0.15) is 0 Å². The van der Waals surface area contributed by atoms with Crippen LogP contribution >= 0.6 is 0 Å². The number of piperidine rings is 1. The molecule has 0 saturated carbocycles. The second-order valence-electron chi connectivity index (χ2n) is 7.68. The van der Waals surface area contributed by atoms with Crippen LogP contribution < -0.4 is 10.2 Å². The number of anilines is 1. The lowest BCUT2D eigenvalue weighted by Crippen LogP contribution is -2.32. The van der Waals surface area contributed by atoms with Gasteiger partial charge in [0.25, 0.3) is 5.69 Å². The molecule has 1 atom stereocenters. The number of benzene rings is 2. The predicted octanol–water partition coefficient (Wildman–Crippen LogP) is 4.72. The average molecular weight is 393 g/mol. The largest absolute Gasteiger partial charge is 0.372 e. The van der Waals surface area contributed by atoms with Crippen molar-refractivity contribution in [2.75, 3.05) is 18.0 Å². The van der Waals surface area contributed by atoms with Crippen molar-refractivity contribution in [3.63, 3.8) is 0 Å². The second-order valence-corrected chi connectivity index (χ2v) is 7.68. The molecule has 1 fully saturated rings. The molecule has 0 aromatic heterocycles. The van der Waals surface area contributed by atoms with Gasteiger partial charge >= 0.3 is 0 Å². The Labute approximate surface area is 171 Å². The summed E-state index contributed by atoms with van der Waals surface area (Å²) >= 11 is 0. The number of hydrogen-bond acceptors (Lipinski definition) is 4. The quantitative estimate of drug-likeness (QED) is 0.438. The van der Waals surface area contributed by atoms with Gasteiger partial charge in [0.15, 0.2) is 0 Å². The maximum atomic E-state index is 12.2. The van der Waals surface area contributed by atoms with Crippen LogP contribution in [-0.4, -0.2) is 23.9 Å². The summed E-state index contributed by atoms with van der Waals surface area (Å²) in [5.74, 6) is 0.564. The van der Waals surface area contributed by atoms with Crippen molar-refractivity contribution in [2.24, 2.45) is 5.92 Å². The van der Waals surface area contributed by atoms with E-state index >= 15 is 0 Å². The van der Waals surface area contributed by atoms with E-state index in [-0.39, 0.29) is 17.6 Å². The van der Waals surface area contributed by atoms with E-state index in [0.717, 1.165) is 24.6 Å². The lowest BCUT2D eigenvalue weighted by molar-refractivity contribution is -0.384. The van der Waals surface area contributed by atoms with Crippen LogP contribution in [0.15, 0.2) is 54.6 Å². The first kappa shape index (κ1) is 20.6. The Morgan fingerprint density at radius 1 is 1.21 bits per heavy atom. The second kappa shape index (κ2) is 9.37. The molecule has 6 heteroatoms. The van der Waals surface area contributed by atoms with E-state index in [1.54, 1.807) is 18.2 Å². The monoisotopic (exact) mass is 393 g/mol. The summed E-state index contributed by atoms with van der Waals surface area (Å²) in [6.07, 6.45) is 5.44.